The molecular weight excluding hydrogens is 324 g/mol. The van der Waals surface area contributed by atoms with Gasteiger partial charge in [0.05, 0.1) is 6.61 Å². The van der Waals surface area contributed by atoms with Gasteiger partial charge in [-0.2, -0.15) is 0 Å². The highest BCUT2D eigenvalue weighted by atomic mass is 16.3. The van der Waals surface area contributed by atoms with Crippen LogP contribution in [0.3, 0.4) is 0 Å². The highest BCUT2D eigenvalue weighted by Crippen LogP contribution is 2.39. The van der Waals surface area contributed by atoms with Gasteiger partial charge in [-0.15, -0.1) is 0 Å². The molecule has 1 aromatic carbocycles. The molecule has 2 saturated heterocycles. The van der Waals surface area contributed by atoms with Crippen LogP contribution >= 0.6 is 0 Å². The molecule has 0 unspecified atom stereocenters. The van der Waals surface area contributed by atoms with Crippen LogP contribution in [0, 0.1) is 5.41 Å². The largest absolute Gasteiger partial charge is 0.395 e. The highest BCUT2D eigenvalue weighted by molar-refractivity contribution is 5.77. The van der Waals surface area contributed by atoms with Crippen LogP contribution in [0.15, 0.2) is 24.3 Å². The third-order valence-electron chi connectivity index (χ3n) is 6.08. The molecule has 2 aliphatic rings. The fourth-order valence-electron chi connectivity index (χ4n) is 4.57. The molecule has 1 aromatic rings. The van der Waals surface area contributed by atoms with Crippen molar-refractivity contribution in [2.75, 3.05) is 32.8 Å². The minimum absolute atomic E-state index is 0.0612. The molecule has 2 aliphatic heterocycles. The maximum Gasteiger partial charge on any atom is 0.222 e. The molecule has 3 rings (SSSR count). The second-order valence-electron chi connectivity index (χ2n) is 9.30. The van der Waals surface area contributed by atoms with Gasteiger partial charge >= 0.3 is 0 Å². The van der Waals surface area contributed by atoms with Crippen LogP contribution in [0.1, 0.15) is 57.6 Å². The molecule has 0 aliphatic carbocycles. The number of carbonyl (C=O) groups excluding carboxylic acids is 1. The van der Waals surface area contributed by atoms with E-state index < -0.39 is 0 Å². The van der Waals surface area contributed by atoms with Crippen molar-refractivity contribution in [1.29, 1.82) is 0 Å². The number of hydrogen-bond acceptors (Lipinski definition) is 3. The summed E-state index contributed by atoms with van der Waals surface area (Å²) in [7, 11) is 0. The Labute approximate surface area is 158 Å². The Hall–Kier alpha value is -1.39. The third kappa shape index (κ3) is 4.47. The number of nitrogens with zero attached hydrogens (tertiary/aromatic N) is 2. The molecule has 1 spiro atoms. The Morgan fingerprint density at radius 1 is 1.12 bits per heavy atom. The number of benzene rings is 1. The van der Waals surface area contributed by atoms with E-state index in [-0.39, 0.29) is 23.3 Å². The van der Waals surface area contributed by atoms with Crippen LogP contribution in [-0.4, -0.2) is 53.6 Å². The summed E-state index contributed by atoms with van der Waals surface area (Å²) in [5, 5.41) is 9.25. The van der Waals surface area contributed by atoms with Gasteiger partial charge in [0.2, 0.25) is 5.91 Å². The summed E-state index contributed by atoms with van der Waals surface area (Å²) in [6, 6.07) is 9.06. The highest BCUT2D eigenvalue weighted by Gasteiger charge is 2.41. The maximum atomic E-state index is 12.1. The van der Waals surface area contributed by atoms with Crippen molar-refractivity contribution in [1.82, 2.24) is 9.80 Å². The molecular formula is C22H34N2O2. The van der Waals surface area contributed by atoms with Crippen molar-refractivity contribution in [3.8, 4) is 0 Å². The molecule has 0 saturated carbocycles. The number of likely N-dealkylation sites (tertiary alicyclic amines) is 2. The van der Waals surface area contributed by atoms with Gasteiger partial charge in [-0.25, -0.2) is 0 Å². The summed E-state index contributed by atoms with van der Waals surface area (Å²) in [6.07, 6.45) is 4.02. The number of aliphatic hydroxyl groups excluding tert-OH is 1. The average Bonchev–Trinajstić information content (AvgIpc) is 2.59. The molecule has 1 amide bonds. The van der Waals surface area contributed by atoms with Gasteiger partial charge in [0.25, 0.3) is 0 Å². The summed E-state index contributed by atoms with van der Waals surface area (Å²) in [5.74, 6) is 0.208. The summed E-state index contributed by atoms with van der Waals surface area (Å²) < 4.78 is 0. The van der Waals surface area contributed by atoms with Crippen LogP contribution in [0.4, 0.5) is 0 Å². The van der Waals surface area contributed by atoms with E-state index in [4.69, 9.17) is 0 Å². The number of aliphatic hydroxyl groups is 1. The number of piperidine rings is 2. The van der Waals surface area contributed by atoms with Crippen LogP contribution < -0.4 is 0 Å². The van der Waals surface area contributed by atoms with Gasteiger partial charge in [0.1, 0.15) is 0 Å². The summed E-state index contributed by atoms with van der Waals surface area (Å²) in [5.41, 5.74) is 3.15. The van der Waals surface area contributed by atoms with Gasteiger partial charge in [0, 0.05) is 38.0 Å². The van der Waals surface area contributed by atoms with Crippen LogP contribution in [0.2, 0.25) is 0 Å². The molecule has 4 heteroatoms. The molecule has 1 atom stereocenters. The molecule has 0 bridgehead atoms. The summed E-state index contributed by atoms with van der Waals surface area (Å²) in [6.45, 7) is 11.3. The van der Waals surface area contributed by atoms with E-state index >= 15 is 0 Å². The van der Waals surface area contributed by atoms with E-state index in [1.807, 2.05) is 4.90 Å². The SMILES string of the molecule is CC(C)(C)c1ccc(CN2CCC[C@]3(CCC(=O)N(CCO)C3)C2)cc1. The topological polar surface area (TPSA) is 43.8 Å². The number of hydrogen-bond donors (Lipinski definition) is 1. The fourth-order valence-corrected chi connectivity index (χ4v) is 4.57. The Morgan fingerprint density at radius 3 is 2.50 bits per heavy atom. The van der Waals surface area contributed by atoms with Crippen molar-refractivity contribution in [3.63, 3.8) is 0 Å². The molecule has 0 aromatic heterocycles. The molecule has 2 heterocycles. The molecule has 4 nitrogen and oxygen atoms in total. The summed E-state index contributed by atoms with van der Waals surface area (Å²) in [4.78, 5) is 16.5. The van der Waals surface area contributed by atoms with E-state index in [2.05, 4.69) is 49.9 Å². The quantitative estimate of drug-likeness (QED) is 0.899. The van der Waals surface area contributed by atoms with Crippen molar-refractivity contribution in [2.24, 2.45) is 5.41 Å². The number of rotatable bonds is 4. The molecule has 144 valence electrons. The lowest BCUT2D eigenvalue weighted by Gasteiger charge is -2.48. The second kappa shape index (κ2) is 7.69. The Morgan fingerprint density at radius 2 is 1.85 bits per heavy atom. The van der Waals surface area contributed by atoms with Gasteiger partial charge < -0.3 is 10.0 Å². The molecule has 1 N–H and O–H groups in total. The molecule has 26 heavy (non-hydrogen) atoms. The predicted octanol–water partition coefficient (Wildman–Crippen LogP) is 3.18. The van der Waals surface area contributed by atoms with E-state index in [1.54, 1.807) is 0 Å². The van der Waals surface area contributed by atoms with Crippen molar-refractivity contribution < 1.29 is 9.90 Å². The number of amides is 1. The lowest BCUT2D eigenvalue weighted by Crippen LogP contribution is -2.54. The summed E-state index contributed by atoms with van der Waals surface area (Å²) >= 11 is 0. The van der Waals surface area contributed by atoms with E-state index in [0.29, 0.717) is 13.0 Å². The van der Waals surface area contributed by atoms with Crippen LogP contribution in [0.5, 0.6) is 0 Å². The fraction of sp³-hybridized carbons (Fsp3) is 0.682. The third-order valence-corrected chi connectivity index (χ3v) is 6.08. The maximum absolute atomic E-state index is 12.1. The molecule has 0 radical (unpaired) electrons. The normalized spacial score (nSPS) is 25.1. The van der Waals surface area contributed by atoms with Crippen LogP contribution in [0.25, 0.3) is 0 Å². The van der Waals surface area contributed by atoms with Gasteiger partial charge in [0.15, 0.2) is 0 Å². The lowest BCUT2D eigenvalue weighted by molar-refractivity contribution is -0.140. The van der Waals surface area contributed by atoms with Crippen molar-refractivity contribution in [2.45, 2.75) is 58.4 Å². The standard InChI is InChI=1S/C22H34N2O2/c1-21(2,3)19-7-5-18(6-8-19)15-23-12-4-10-22(16-23)11-9-20(26)24(17-22)13-14-25/h5-8,25H,4,9-17H2,1-3H3/t22-/m0/s1. The van der Waals surface area contributed by atoms with E-state index in [1.165, 1.54) is 24.0 Å². The van der Waals surface area contributed by atoms with Crippen LogP contribution in [-0.2, 0) is 16.8 Å². The smallest absolute Gasteiger partial charge is 0.222 e. The Bertz CT molecular complexity index is 620. The van der Waals surface area contributed by atoms with E-state index in [9.17, 15) is 9.90 Å². The molecule has 2 fully saturated rings. The minimum atomic E-state index is 0.0612. The monoisotopic (exact) mass is 358 g/mol. The Balaban J connectivity index is 1.64. The zero-order valence-corrected chi connectivity index (χ0v) is 16.6. The Kier molecular flexibility index (Phi) is 5.73. The number of carbonyl (C=O) groups is 1. The first kappa shape index (κ1) is 19.4. The second-order valence-corrected chi connectivity index (χ2v) is 9.30. The van der Waals surface area contributed by atoms with E-state index in [0.717, 1.165) is 32.6 Å². The average molecular weight is 359 g/mol. The zero-order valence-electron chi connectivity index (χ0n) is 16.6. The predicted molar refractivity (Wildman–Crippen MR) is 105 cm³/mol. The zero-order chi connectivity index (χ0) is 18.8. The van der Waals surface area contributed by atoms with Gasteiger partial charge in [-0.3, -0.25) is 9.69 Å². The first-order chi connectivity index (χ1) is 12.3. The first-order valence-electron chi connectivity index (χ1n) is 10.0. The van der Waals surface area contributed by atoms with Gasteiger partial charge in [-0.1, -0.05) is 45.0 Å². The van der Waals surface area contributed by atoms with Crippen molar-refractivity contribution >= 4 is 5.91 Å². The number of β-amino-alcohol motifs (C(OH)–C–C–N with tert-alkyl or cyclic N) is 1. The minimum Gasteiger partial charge on any atom is -0.395 e. The van der Waals surface area contributed by atoms with Crippen molar-refractivity contribution in [3.05, 3.63) is 35.4 Å². The first-order valence-corrected chi connectivity index (χ1v) is 10.0. The van der Waals surface area contributed by atoms with Gasteiger partial charge in [-0.05, 0) is 42.3 Å². The lowest BCUT2D eigenvalue weighted by atomic mass is 9.73.